The number of benzene rings is 3. The fraction of sp³-hybridized carbons (Fsp3) is 0.208. The second kappa shape index (κ2) is 6.38. The van der Waals surface area contributed by atoms with E-state index in [0.717, 1.165) is 11.0 Å². The molecule has 1 nitrogen and oxygen atoms in total. The quantitative estimate of drug-likeness (QED) is 0.263. The van der Waals surface area contributed by atoms with Crippen LogP contribution in [0.5, 0.6) is 0 Å². The van der Waals surface area contributed by atoms with E-state index in [4.69, 9.17) is 4.98 Å². The first-order chi connectivity index (χ1) is 12.3. The molecule has 0 aliphatic rings. The van der Waals surface area contributed by atoms with E-state index in [1.807, 2.05) is 0 Å². The van der Waals surface area contributed by atoms with Gasteiger partial charge in [0, 0.05) is 0 Å². The Bertz CT molecular complexity index is 1120. The van der Waals surface area contributed by atoms with Crippen LogP contribution >= 0.6 is 0 Å². The molecule has 0 spiro atoms. The number of rotatable bonds is 2. The molecule has 0 N–H and O–H groups in total. The maximum absolute atomic E-state index is 5.02. The molecule has 0 bridgehead atoms. The molecule has 26 heavy (non-hydrogen) atoms. The van der Waals surface area contributed by atoms with Crippen molar-refractivity contribution in [1.82, 2.24) is 4.98 Å². The molecule has 0 radical (unpaired) electrons. The van der Waals surface area contributed by atoms with E-state index in [1.54, 1.807) is 3.58 Å². The normalized spacial score (nSPS) is 12.0. The van der Waals surface area contributed by atoms with Crippen LogP contribution in [-0.2, 0) is 0 Å². The van der Waals surface area contributed by atoms with E-state index >= 15 is 0 Å². The number of hydrogen-bond donors (Lipinski definition) is 0. The minimum absolute atomic E-state index is 1.12. The monoisotopic (exact) mass is 447 g/mol. The molecule has 130 valence electrons. The van der Waals surface area contributed by atoms with E-state index < -0.39 is 18.4 Å². The van der Waals surface area contributed by atoms with Gasteiger partial charge < -0.3 is 0 Å². The summed E-state index contributed by atoms with van der Waals surface area (Å²) in [5.41, 5.74) is 7.39. The molecular formula is C24H25NSn. The van der Waals surface area contributed by atoms with Gasteiger partial charge in [-0.15, -0.1) is 0 Å². The third-order valence-electron chi connectivity index (χ3n) is 4.99. The number of fused-ring (bicyclic) bond motifs is 2. The van der Waals surface area contributed by atoms with Gasteiger partial charge in [0.15, 0.2) is 0 Å². The summed E-state index contributed by atoms with van der Waals surface area (Å²) < 4.78 is 1.59. The molecule has 0 fully saturated rings. The van der Waals surface area contributed by atoms with Gasteiger partial charge in [-0.2, -0.15) is 0 Å². The van der Waals surface area contributed by atoms with Crippen molar-refractivity contribution >= 4 is 43.8 Å². The molecule has 0 amide bonds. The van der Waals surface area contributed by atoms with E-state index in [0.29, 0.717) is 0 Å². The summed E-state index contributed by atoms with van der Waals surface area (Å²) in [5.74, 6) is 0. The van der Waals surface area contributed by atoms with Gasteiger partial charge in [0.1, 0.15) is 0 Å². The zero-order valence-corrected chi connectivity index (χ0v) is 19.1. The molecule has 0 aliphatic heterocycles. The van der Waals surface area contributed by atoms with Gasteiger partial charge in [-0.3, -0.25) is 0 Å². The summed E-state index contributed by atoms with van der Waals surface area (Å²) in [6, 6.07) is 22.2. The Kier molecular flexibility index (Phi) is 4.30. The van der Waals surface area contributed by atoms with Crippen LogP contribution in [0.25, 0.3) is 32.9 Å². The van der Waals surface area contributed by atoms with Gasteiger partial charge in [-0.1, -0.05) is 0 Å². The van der Waals surface area contributed by atoms with Gasteiger partial charge in [0.25, 0.3) is 0 Å². The Morgan fingerprint density at radius 3 is 2.00 bits per heavy atom. The predicted molar refractivity (Wildman–Crippen MR) is 117 cm³/mol. The Morgan fingerprint density at radius 1 is 0.654 bits per heavy atom. The number of pyridine rings is 1. The van der Waals surface area contributed by atoms with Gasteiger partial charge in [-0.05, 0) is 0 Å². The van der Waals surface area contributed by atoms with E-state index in [-0.39, 0.29) is 0 Å². The second-order valence-corrected chi connectivity index (χ2v) is 22.6. The predicted octanol–water partition coefficient (Wildman–Crippen LogP) is 6.22. The molecule has 1 aromatic heterocycles. The average Bonchev–Trinajstić information content (AvgIpc) is 2.57. The average molecular weight is 446 g/mol. The molecule has 0 saturated carbocycles. The Balaban J connectivity index is 2.04. The van der Waals surface area contributed by atoms with Crippen molar-refractivity contribution < 1.29 is 0 Å². The zero-order valence-electron chi connectivity index (χ0n) is 16.2. The molecule has 0 saturated heterocycles. The third kappa shape index (κ3) is 3.14. The minimum atomic E-state index is -2.32. The SMILES string of the molecule is Cc1cc(C)cc(-c2ccc3[c]([Sn]([CH3])([CH3])[CH3])c4ccccc4nc3c2)c1. The van der Waals surface area contributed by atoms with Gasteiger partial charge >= 0.3 is 160 Å². The van der Waals surface area contributed by atoms with Crippen molar-refractivity contribution in [1.29, 1.82) is 0 Å². The first kappa shape index (κ1) is 17.5. The second-order valence-electron chi connectivity index (χ2n) is 8.36. The summed E-state index contributed by atoms with van der Waals surface area (Å²) in [6.45, 7) is 4.32. The molecule has 4 aromatic rings. The van der Waals surface area contributed by atoms with Crippen molar-refractivity contribution in [2.75, 3.05) is 0 Å². The van der Waals surface area contributed by atoms with Crippen LogP contribution in [0.4, 0.5) is 0 Å². The van der Waals surface area contributed by atoms with Gasteiger partial charge in [0.2, 0.25) is 0 Å². The molecule has 0 atom stereocenters. The molecule has 4 rings (SSSR count). The number of aromatic nitrogens is 1. The van der Waals surface area contributed by atoms with Crippen LogP contribution in [0.15, 0.2) is 60.7 Å². The van der Waals surface area contributed by atoms with Crippen molar-refractivity contribution in [3.05, 3.63) is 71.8 Å². The third-order valence-corrected chi connectivity index (χ3v) is 10.8. The van der Waals surface area contributed by atoms with Crippen molar-refractivity contribution in [3.8, 4) is 11.1 Å². The van der Waals surface area contributed by atoms with Crippen molar-refractivity contribution in [3.63, 3.8) is 0 Å². The fourth-order valence-electron chi connectivity index (χ4n) is 4.02. The standard InChI is InChI=1S/C21H16N.3CH3.Sn/c1-14-9-15(2)11-19(10-14)16-7-8-18-12-17-5-3-4-6-20(17)22-21(18)13-16;;;;/h3-11,13H,1-2H3;3*1H3;. The van der Waals surface area contributed by atoms with Crippen LogP contribution < -0.4 is 3.58 Å². The van der Waals surface area contributed by atoms with Gasteiger partial charge in [-0.25, -0.2) is 0 Å². The molecule has 3 aromatic carbocycles. The summed E-state index contributed by atoms with van der Waals surface area (Å²) in [4.78, 5) is 12.5. The summed E-state index contributed by atoms with van der Waals surface area (Å²) in [6.07, 6.45) is 0. The van der Waals surface area contributed by atoms with Crippen molar-refractivity contribution in [2.45, 2.75) is 28.7 Å². The van der Waals surface area contributed by atoms with Gasteiger partial charge in [0.05, 0.1) is 0 Å². The number of hydrogen-bond acceptors (Lipinski definition) is 1. The van der Waals surface area contributed by atoms with E-state index in [9.17, 15) is 0 Å². The molecule has 2 heteroatoms. The Labute approximate surface area is 160 Å². The molecule has 0 aliphatic carbocycles. The molecule has 1 heterocycles. The zero-order chi connectivity index (χ0) is 18.5. The molecule has 0 unspecified atom stereocenters. The number of nitrogens with zero attached hydrogens (tertiary/aromatic N) is 1. The molecular weight excluding hydrogens is 421 g/mol. The summed E-state index contributed by atoms with van der Waals surface area (Å²) in [5, 5.41) is 2.70. The van der Waals surface area contributed by atoms with Crippen LogP contribution in [0.3, 0.4) is 0 Å². The first-order valence-corrected chi connectivity index (χ1v) is 19.2. The maximum atomic E-state index is 5.02. The van der Waals surface area contributed by atoms with Crippen molar-refractivity contribution in [2.24, 2.45) is 0 Å². The Hall–Kier alpha value is -1.87. The topological polar surface area (TPSA) is 12.9 Å². The summed E-state index contributed by atoms with van der Waals surface area (Å²) >= 11 is -2.32. The number of aryl methyl sites for hydroxylation is 2. The fourth-order valence-corrected chi connectivity index (χ4v) is 9.84. The van der Waals surface area contributed by atoms with E-state index in [1.165, 1.54) is 33.0 Å². The number of para-hydroxylation sites is 1. The van der Waals surface area contributed by atoms with E-state index in [2.05, 4.69) is 89.3 Å². The first-order valence-electron chi connectivity index (χ1n) is 9.24. The summed E-state index contributed by atoms with van der Waals surface area (Å²) in [7, 11) is 0. The van der Waals surface area contributed by atoms with Crippen LogP contribution in [0, 0.1) is 13.8 Å². The van der Waals surface area contributed by atoms with Crippen LogP contribution in [0.2, 0.25) is 14.8 Å². The van der Waals surface area contributed by atoms with Crippen LogP contribution in [0.1, 0.15) is 11.1 Å². The Morgan fingerprint density at radius 2 is 1.31 bits per heavy atom. The van der Waals surface area contributed by atoms with Crippen LogP contribution in [-0.4, -0.2) is 23.4 Å².